The van der Waals surface area contributed by atoms with E-state index in [4.69, 9.17) is 4.74 Å². The summed E-state index contributed by atoms with van der Waals surface area (Å²) in [6.07, 6.45) is 5.25. The number of carbonyl (C=O) groups excluding carboxylic acids is 2. The van der Waals surface area contributed by atoms with Crippen LogP contribution in [0.4, 0.5) is 10.5 Å². The third kappa shape index (κ3) is 4.21. The number of benzene rings is 1. The number of nitrogens with zero attached hydrogens (tertiary/aromatic N) is 2. The lowest BCUT2D eigenvalue weighted by molar-refractivity contribution is -0.149. The number of amides is 2. The third-order valence-corrected chi connectivity index (χ3v) is 4.42. The summed E-state index contributed by atoms with van der Waals surface area (Å²) < 4.78 is 7.06. The predicted octanol–water partition coefficient (Wildman–Crippen LogP) is 3.28. The van der Waals surface area contributed by atoms with Crippen molar-refractivity contribution in [3.8, 4) is 5.69 Å². The molecule has 1 fully saturated rings. The zero-order valence-electron chi connectivity index (χ0n) is 14.4. The Labute approximate surface area is 147 Å². The van der Waals surface area contributed by atoms with Crippen LogP contribution in [-0.2, 0) is 9.53 Å². The summed E-state index contributed by atoms with van der Waals surface area (Å²) >= 11 is 0. The Bertz CT molecular complexity index is 702. The van der Waals surface area contributed by atoms with Crippen LogP contribution in [0.25, 0.3) is 5.69 Å². The molecule has 132 valence electrons. The molecule has 0 atom stereocenters. The van der Waals surface area contributed by atoms with Crippen LogP contribution in [0.5, 0.6) is 0 Å². The Morgan fingerprint density at radius 1 is 1.12 bits per heavy atom. The van der Waals surface area contributed by atoms with E-state index in [1.165, 1.54) is 0 Å². The summed E-state index contributed by atoms with van der Waals surface area (Å²) in [5, 5.41) is 2.91. The minimum atomic E-state index is -0.150. The number of rotatable bonds is 4. The number of hydrogen-bond donors (Lipinski definition) is 1. The van der Waals surface area contributed by atoms with Crippen molar-refractivity contribution >= 4 is 17.7 Å². The van der Waals surface area contributed by atoms with Gasteiger partial charge in [-0.05, 0) is 56.2 Å². The van der Waals surface area contributed by atoms with E-state index in [2.05, 4.69) is 5.32 Å². The lowest BCUT2D eigenvalue weighted by Crippen LogP contribution is -2.42. The second-order valence-corrected chi connectivity index (χ2v) is 6.08. The van der Waals surface area contributed by atoms with Gasteiger partial charge in [0.25, 0.3) is 0 Å². The second-order valence-electron chi connectivity index (χ2n) is 6.08. The van der Waals surface area contributed by atoms with Crippen molar-refractivity contribution in [1.29, 1.82) is 0 Å². The first-order chi connectivity index (χ1) is 12.2. The van der Waals surface area contributed by atoms with E-state index in [1.54, 1.807) is 4.90 Å². The maximum atomic E-state index is 12.4. The van der Waals surface area contributed by atoms with Gasteiger partial charge in [0.2, 0.25) is 0 Å². The van der Waals surface area contributed by atoms with Crippen LogP contribution in [0.3, 0.4) is 0 Å². The highest BCUT2D eigenvalue weighted by atomic mass is 16.5. The topological polar surface area (TPSA) is 63.6 Å². The van der Waals surface area contributed by atoms with Gasteiger partial charge in [0.15, 0.2) is 0 Å². The Hall–Kier alpha value is -2.76. The number of piperidine rings is 1. The van der Waals surface area contributed by atoms with Crippen molar-refractivity contribution < 1.29 is 14.3 Å². The zero-order chi connectivity index (χ0) is 17.6. The Morgan fingerprint density at radius 2 is 1.76 bits per heavy atom. The van der Waals surface area contributed by atoms with Gasteiger partial charge < -0.3 is 19.5 Å². The fourth-order valence-corrected chi connectivity index (χ4v) is 3.00. The smallest absolute Gasteiger partial charge is 0.321 e. The zero-order valence-corrected chi connectivity index (χ0v) is 14.4. The normalized spacial score (nSPS) is 15.0. The summed E-state index contributed by atoms with van der Waals surface area (Å²) in [5.41, 5.74) is 1.80. The van der Waals surface area contributed by atoms with E-state index in [1.807, 2.05) is 60.3 Å². The summed E-state index contributed by atoms with van der Waals surface area (Å²) in [7, 11) is 0. The number of nitrogens with one attached hydrogen (secondary N) is 1. The maximum absolute atomic E-state index is 12.4. The predicted molar refractivity (Wildman–Crippen MR) is 95.7 cm³/mol. The molecule has 0 spiro atoms. The van der Waals surface area contributed by atoms with Crippen LogP contribution in [0, 0.1) is 5.92 Å². The average molecular weight is 341 g/mol. The quantitative estimate of drug-likeness (QED) is 0.868. The Kier molecular flexibility index (Phi) is 5.38. The minimum absolute atomic E-state index is 0.0927. The number of esters is 1. The molecule has 2 aromatic rings. The highest BCUT2D eigenvalue weighted by Gasteiger charge is 2.28. The van der Waals surface area contributed by atoms with Crippen molar-refractivity contribution in [1.82, 2.24) is 9.47 Å². The van der Waals surface area contributed by atoms with Gasteiger partial charge in [0.1, 0.15) is 0 Å². The van der Waals surface area contributed by atoms with Crippen LogP contribution in [0.15, 0.2) is 48.8 Å². The molecular weight excluding hydrogens is 318 g/mol. The van der Waals surface area contributed by atoms with Crippen LogP contribution in [0.1, 0.15) is 19.8 Å². The summed E-state index contributed by atoms with van der Waals surface area (Å²) in [4.78, 5) is 25.9. The first-order valence-corrected chi connectivity index (χ1v) is 8.63. The highest BCUT2D eigenvalue weighted by molar-refractivity contribution is 5.89. The monoisotopic (exact) mass is 341 g/mol. The first-order valence-electron chi connectivity index (χ1n) is 8.63. The van der Waals surface area contributed by atoms with Crippen LogP contribution in [0.2, 0.25) is 0 Å². The standard InChI is InChI=1S/C19H23N3O3/c1-2-25-18(23)15-9-13-22(14-10-15)19(24)20-16-5-7-17(8-6-16)21-11-3-4-12-21/h3-8,11-12,15H,2,9-10,13-14H2,1H3,(H,20,24). The molecular formula is C19H23N3O3. The highest BCUT2D eigenvalue weighted by Crippen LogP contribution is 2.20. The van der Waals surface area contributed by atoms with Gasteiger partial charge in [-0.1, -0.05) is 0 Å². The molecule has 0 aliphatic carbocycles. The molecule has 6 heteroatoms. The van der Waals surface area contributed by atoms with E-state index < -0.39 is 0 Å². The van der Waals surface area contributed by atoms with E-state index in [-0.39, 0.29) is 17.9 Å². The lowest BCUT2D eigenvalue weighted by atomic mass is 9.97. The molecule has 1 aromatic carbocycles. The lowest BCUT2D eigenvalue weighted by Gasteiger charge is -2.30. The van der Waals surface area contributed by atoms with Gasteiger partial charge in [-0.2, -0.15) is 0 Å². The second kappa shape index (κ2) is 7.88. The molecule has 3 rings (SSSR count). The summed E-state index contributed by atoms with van der Waals surface area (Å²) in [6.45, 7) is 3.34. The van der Waals surface area contributed by atoms with Gasteiger partial charge in [-0.25, -0.2) is 4.79 Å². The van der Waals surface area contributed by atoms with Crippen molar-refractivity contribution in [2.45, 2.75) is 19.8 Å². The largest absolute Gasteiger partial charge is 0.466 e. The average Bonchev–Trinajstić information content (AvgIpc) is 3.17. The van der Waals surface area contributed by atoms with E-state index in [0.717, 1.165) is 11.4 Å². The van der Waals surface area contributed by atoms with Crippen molar-refractivity contribution in [3.05, 3.63) is 48.8 Å². The molecule has 1 N–H and O–H groups in total. The first kappa shape index (κ1) is 17.1. The number of anilines is 1. The molecule has 1 aliphatic rings. The Morgan fingerprint density at radius 3 is 2.36 bits per heavy atom. The van der Waals surface area contributed by atoms with E-state index in [9.17, 15) is 9.59 Å². The van der Waals surface area contributed by atoms with E-state index >= 15 is 0 Å². The van der Waals surface area contributed by atoms with Gasteiger partial charge >= 0.3 is 12.0 Å². The molecule has 2 amide bonds. The Balaban J connectivity index is 1.52. The fourth-order valence-electron chi connectivity index (χ4n) is 3.00. The summed E-state index contributed by atoms with van der Waals surface area (Å²) in [6, 6.07) is 11.5. The number of hydrogen-bond acceptors (Lipinski definition) is 3. The molecule has 0 bridgehead atoms. The third-order valence-electron chi connectivity index (χ3n) is 4.42. The van der Waals surface area contributed by atoms with Crippen molar-refractivity contribution in [3.63, 3.8) is 0 Å². The van der Waals surface area contributed by atoms with Gasteiger partial charge in [-0.3, -0.25) is 4.79 Å². The fraction of sp³-hybridized carbons (Fsp3) is 0.368. The number of likely N-dealkylation sites (tertiary alicyclic amines) is 1. The van der Waals surface area contributed by atoms with Gasteiger partial charge in [0, 0.05) is 36.9 Å². The molecule has 25 heavy (non-hydrogen) atoms. The molecule has 1 saturated heterocycles. The molecule has 0 unspecified atom stereocenters. The molecule has 2 heterocycles. The van der Waals surface area contributed by atoms with Crippen molar-refractivity contribution in [2.75, 3.05) is 25.0 Å². The number of urea groups is 1. The SMILES string of the molecule is CCOC(=O)C1CCN(C(=O)Nc2ccc(-n3cccc3)cc2)CC1. The molecule has 0 saturated carbocycles. The molecule has 1 aliphatic heterocycles. The number of aromatic nitrogens is 1. The minimum Gasteiger partial charge on any atom is -0.466 e. The molecule has 1 aromatic heterocycles. The molecule has 0 radical (unpaired) electrons. The maximum Gasteiger partial charge on any atom is 0.321 e. The van der Waals surface area contributed by atoms with Gasteiger partial charge in [0.05, 0.1) is 12.5 Å². The van der Waals surface area contributed by atoms with Crippen LogP contribution >= 0.6 is 0 Å². The van der Waals surface area contributed by atoms with Crippen molar-refractivity contribution in [2.24, 2.45) is 5.92 Å². The van der Waals surface area contributed by atoms with Crippen LogP contribution < -0.4 is 5.32 Å². The van der Waals surface area contributed by atoms with E-state index in [0.29, 0.717) is 32.5 Å². The summed E-state index contributed by atoms with van der Waals surface area (Å²) in [5.74, 6) is -0.243. The van der Waals surface area contributed by atoms with Gasteiger partial charge in [-0.15, -0.1) is 0 Å². The number of carbonyl (C=O) groups is 2. The molecule has 6 nitrogen and oxygen atoms in total. The van der Waals surface area contributed by atoms with Crippen LogP contribution in [-0.4, -0.2) is 41.2 Å². The number of ether oxygens (including phenoxy) is 1.